The predicted molar refractivity (Wildman–Crippen MR) is 51.5 cm³/mol. The molecule has 2 nitrogen and oxygen atoms in total. The predicted octanol–water partition coefficient (Wildman–Crippen LogP) is 2.57. The third-order valence-corrected chi connectivity index (χ3v) is 2.08. The van der Waals surface area contributed by atoms with Gasteiger partial charge in [0.15, 0.2) is 0 Å². The smallest absolute Gasteiger partial charge is 0.149 e. The SMILES string of the molecule is Fc1ccc(NC2=NCCC2)c(F)c1. The standard InChI is InChI=1S/C10H10F2N2/c11-7-3-4-9(8(12)6-7)14-10-2-1-5-13-10/h3-4,6H,1-2,5H2,(H,13,14). The average molecular weight is 196 g/mol. The van der Waals surface area contributed by atoms with E-state index in [9.17, 15) is 8.78 Å². The summed E-state index contributed by atoms with van der Waals surface area (Å²) in [5.74, 6) is -0.378. The Morgan fingerprint density at radius 1 is 1.29 bits per heavy atom. The molecule has 0 fully saturated rings. The molecule has 14 heavy (non-hydrogen) atoms. The van der Waals surface area contributed by atoms with Crippen LogP contribution < -0.4 is 5.32 Å². The van der Waals surface area contributed by atoms with Crippen LogP contribution >= 0.6 is 0 Å². The highest BCUT2D eigenvalue weighted by atomic mass is 19.1. The second-order valence-corrected chi connectivity index (χ2v) is 3.18. The lowest BCUT2D eigenvalue weighted by Gasteiger charge is -2.06. The molecule has 0 aromatic heterocycles. The van der Waals surface area contributed by atoms with E-state index in [4.69, 9.17) is 0 Å². The van der Waals surface area contributed by atoms with Crippen LogP contribution in [0.2, 0.25) is 0 Å². The molecule has 0 radical (unpaired) electrons. The van der Waals surface area contributed by atoms with Gasteiger partial charge in [-0.05, 0) is 18.6 Å². The summed E-state index contributed by atoms with van der Waals surface area (Å²) >= 11 is 0. The van der Waals surface area contributed by atoms with Crippen LogP contribution in [0.1, 0.15) is 12.8 Å². The topological polar surface area (TPSA) is 24.4 Å². The fraction of sp³-hybridized carbons (Fsp3) is 0.300. The van der Waals surface area contributed by atoms with Gasteiger partial charge in [-0.3, -0.25) is 4.99 Å². The first-order chi connectivity index (χ1) is 6.75. The number of nitrogens with one attached hydrogen (secondary N) is 1. The van der Waals surface area contributed by atoms with Crippen LogP contribution in [0.3, 0.4) is 0 Å². The number of amidine groups is 1. The van der Waals surface area contributed by atoms with Gasteiger partial charge in [-0.2, -0.15) is 0 Å². The summed E-state index contributed by atoms with van der Waals surface area (Å²) in [7, 11) is 0. The Hall–Kier alpha value is -1.45. The van der Waals surface area contributed by atoms with Crippen molar-refractivity contribution in [2.24, 2.45) is 4.99 Å². The lowest BCUT2D eigenvalue weighted by Crippen LogP contribution is -2.09. The number of halogens is 2. The Morgan fingerprint density at radius 2 is 2.14 bits per heavy atom. The van der Waals surface area contributed by atoms with Gasteiger partial charge in [-0.1, -0.05) is 0 Å². The summed E-state index contributed by atoms with van der Waals surface area (Å²) in [5.41, 5.74) is 0.284. The van der Waals surface area contributed by atoms with Gasteiger partial charge in [0.25, 0.3) is 0 Å². The zero-order chi connectivity index (χ0) is 9.97. The zero-order valence-electron chi connectivity index (χ0n) is 7.56. The number of hydrogen-bond acceptors (Lipinski definition) is 2. The van der Waals surface area contributed by atoms with Gasteiger partial charge in [0.1, 0.15) is 17.5 Å². The van der Waals surface area contributed by atoms with Crippen LogP contribution in [0, 0.1) is 11.6 Å². The van der Waals surface area contributed by atoms with Gasteiger partial charge in [0.2, 0.25) is 0 Å². The molecule has 4 heteroatoms. The minimum absolute atomic E-state index is 0.284. The van der Waals surface area contributed by atoms with Gasteiger partial charge < -0.3 is 5.32 Å². The number of nitrogens with zero attached hydrogens (tertiary/aromatic N) is 1. The third-order valence-electron chi connectivity index (χ3n) is 2.08. The van der Waals surface area contributed by atoms with E-state index in [-0.39, 0.29) is 5.69 Å². The Bertz CT molecular complexity index is 374. The zero-order valence-corrected chi connectivity index (χ0v) is 7.56. The Kier molecular flexibility index (Phi) is 2.43. The maximum atomic E-state index is 13.1. The van der Waals surface area contributed by atoms with Crippen molar-refractivity contribution < 1.29 is 8.78 Å². The molecule has 1 aliphatic rings. The van der Waals surface area contributed by atoms with Crippen molar-refractivity contribution in [3.05, 3.63) is 29.8 Å². The highest BCUT2D eigenvalue weighted by molar-refractivity contribution is 5.96. The van der Waals surface area contributed by atoms with E-state index in [1.54, 1.807) is 0 Å². The molecule has 1 heterocycles. The van der Waals surface area contributed by atoms with Crippen LogP contribution in [0.25, 0.3) is 0 Å². The molecule has 0 amide bonds. The van der Waals surface area contributed by atoms with Crippen LogP contribution in [-0.4, -0.2) is 12.4 Å². The highest BCUT2D eigenvalue weighted by Crippen LogP contribution is 2.16. The first kappa shape index (κ1) is 9.12. The maximum Gasteiger partial charge on any atom is 0.149 e. The molecule has 2 rings (SSSR count). The van der Waals surface area contributed by atoms with Gasteiger partial charge in [-0.15, -0.1) is 0 Å². The summed E-state index contributed by atoms with van der Waals surface area (Å²) in [4.78, 5) is 4.14. The molecule has 0 bridgehead atoms. The van der Waals surface area contributed by atoms with E-state index in [2.05, 4.69) is 10.3 Å². The molecular formula is C10H10F2N2. The first-order valence-corrected chi connectivity index (χ1v) is 4.51. The van der Waals surface area contributed by atoms with Crippen molar-refractivity contribution in [3.63, 3.8) is 0 Å². The normalized spacial score (nSPS) is 15.4. The van der Waals surface area contributed by atoms with Gasteiger partial charge in [0, 0.05) is 19.0 Å². The van der Waals surface area contributed by atoms with Gasteiger partial charge >= 0.3 is 0 Å². The average Bonchev–Trinajstić information content (AvgIpc) is 2.62. The monoisotopic (exact) mass is 196 g/mol. The van der Waals surface area contributed by atoms with Crippen molar-refractivity contribution >= 4 is 11.5 Å². The molecule has 0 aliphatic carbocycles. The number of rotatable bonds is 1. The fourth-order valence-corrected chi connectivity index (χ4v) is 1.39. The lowest BCUT2D eigenvalue weighted by atomic mass is 10.2. The van der Waals surface area contributed by atoms with Gasteiger partial charge in [-0.25, -0.2) is 8.78 Å². The first-order valence-electron chi connectivity index (χ1n) is 4.51. The molecule has 0 saturated carbocycles. The molecule has 1 aliphatic heterocycles. The quantitative estimate of drug-likeness (QED) is 0.733. The van der Waals surface area contributed by atoms with Crippen LogP contribution in [0.5, 0.6) is 0 Å². The van der Waals surface area contributed by atoms with E-state index >= 15 is 0 Å². The molecule has 0 spiro atoms. The Labute approximate surface area is 80.7 Å². The summed E-state index contributed by atoms with van der Waals surface area (Å²) in [6, 6.07) is 3.46. The van der Waals surface area contributed by atoms with E-state index in [0.717, 1.165) is 31.3 Å². The fourth-order valence-electron chi connectivity index (χ4n) is 1.39. The number of benzene rings is 1. The maximum absolute atomic E-state index is 13.1. The molecule has 74 valence electrons. The molecule has 0 unspecified atom stereocenters. The largest absolute Gasteiger partial charge is 0.342 e. The van der Waals surface area contributed by atoms with Crippen molar-refractivity contribution in [2.45, 2.75) is 12.8 Å². The van der Waals surface area contributed by atoms with Crippen LogP contribution in [0.15, 0.2) is 23.2 Å². The van der Waals surface area contributed by atoms with Crippen LogP contribution in [-0.2, 0) is 0 Å². The molecule has 0 atom stereocenters. The summed E-state index contributed by atoms with van der Waals surface area (Å²) < 4.78 is 25.7. The van der Waals surface area contributed by atoms with E-state index in [1.165, 1.54) is 12.1 Å². The van der Waals surface area contributed by atoms with E-state index in [0.29, 0.717) is 0 Å². The van der Waals surface area contributed by atoms with Crippen LogP contribution in [0.4, 0.5) is 14.5 Å². The highest BCUT2D eigenvalue weighted by Gasteiger charge is 2.09. The molecule has 0 saturated heterocycles. The number of hydrogen-bond donors (Lipinski definition) is 1. The Balaban J connectivity index is 2.16. The minimum Gasteiger partial charge on any atom is -0.342 e. The molecule has 1 N–H and O–H groups in total. The summed E-state index contributed by atoms with van der Waals surface area (Å²) in [6.45, 7) is 0.783. The van der Waals surface area contributed by atoms with Crippen molar-refractivity contribution in [2.75, 3.05) is 11.9 Å². The van der Waals surface area contributed by atoms with Gasteiger partial charge in [0.05, 0.1) is 5.69 Å². The lowest BCUT2D eigenvalue weighted by molar-refractivity contribution is 0.586. The third kappa shape index (κ3) is 1.89. The van der Waals surface area contributed by atoms with Crippen molar-refractivity contribution in [3.8, 4) is 0 Å². The Morgan fingerprint density at radius 3 is 2.79 bits per heavy atom. The molecule has 1 aromatic carbocycles. The summed E-state index contributed by atoms with van der Waals surface area (Å²) in [5, 5.41) is 2.84. The molecular weight excluding hydrogens is 186 g/mol. The molecule has 1 aromatic rings. The number of aliphatic imine (C=N–C) groups is 1. The van der Waals surface area contributed by atoms with Crippen molar-refractivity contribution in [1.29, 1.82) is 0 Å². The summed E-state index contributed by atoms with van der Waals surface area (Å²) in [6.07, 6.45) is 1.82. The number of anilines is 1. The van der Waals surface area contributed by atoms with Crippen molar-refractivity contribution in [1.82, 2.24) is 0 Å². The second-order valence-electron chi connectivity index (χ2n) is 3.18. The minimum atomic E-state index is -0.584. The van der Waals surface area contributed by atoms with E-state index < -0.39 is 11.6 Å². The van der Waals surface area contributed by atoms with E-state index in [1.807, 2.05) is 0 Å². The second kappa shape index (κ2) is 3.74.